The van der Waals surface area contributed by atoms with Crippen LogP contribution in [-0.4, -0.2) is 39.3 Å². The van der Waals surface area contributed by atoms with Crippen molar-refractivity contribution in [2.24, 2.45) is 0 Å². The molecule has 0 radical (unpaired) electrons. The third-order valence-corrected chi connectivity index (χ3v) is 2.51. The van der Waals surface area contributed by atoms with Crippen LogP contribution in [0.15, 0.2) is 18.2 Å². The highest BCUT2D eigenvalue weighted by Crippen LogP contribution is 2.15. The summed E-state index contributed by atoms with van der Waals surface area (Å²) in [5, 5.41) is 29.7. The third kappa shape index (κ3) is 3.21. The quantitative estimate of drug-likeness (QED) is 0.616. The van der Waals surface area contributed by atoms with E-state index in [4.69, 9.17) is 5.11 Å². The standard InChI is InChI=1S/C12H15NO5/c1-7-5-8(14)3-4-9(7)10(15)13-6-12(2,18)11(16)17/h3-5,14,18H,6H2,1-2H3,(H,13,15)(H,16,17). The lowest BCUT2D eigenvalue weighted by molar-refractivity contribution is -0.155. The molecule has 0 aliphatic heterocycles. The molecule has 1 aromatic carbocycles. The predicted octanol–water partition coefficient (Wildman–Crippen LogP) is 0.266. The number of carboxylic acids is 1. The minimum Gasteiger partial charge on any atom is -0.508 e. The Kier molecular flexibility index (Phi) is 3.93. The van der Waals surface area contributed by atoms with E-state index in [1.807, 2.05) is 0 Å². The summed E-state index contributed by atoms with van der Waals surface area (Å²) < 4.78 is 0. The highest BCUT2D eigenvalue weighted by molar-refractivity contribution is 5.96. The van der Waals surface area contributed by atoms with Crippen LogP contribution in [-0.2, 0) is 4.79 Å². The molecular formula is C12H15NO5. The molecule has 1 amide bonds. The van der Waals surface area contributed by atoms with Crippen LogP contribution < -0.4 is 5.32 Å². The van der Waals surface area contributed by atoms with E-state index >= 15 is 0 Å². The second-order valence-corrected chi connectivity index (χ2v) is 4.26. The maximum Gasteiger partial charge on any atom is 0.337 e. The number of carbonyl (C=O) groups is 2. The number of phenols is 1. The number of aryl methyl sites for hydroxylation is 1. The summed E-state index contributed by atoms with van der Waals surface area (Å²) in [6.45, 7) is 2.34. The Labute approximate surface area is 104 Å². The number of aliphatic hydroxyl groups is 1. The van der Waals surface area contributed by atoms with E-state index in [0.717, 1.165) is 6.92 Å². The molecule has 1 unspecified atom stereocenters. The molecule has 98 valence electrons. The lowest BCUT2D eigenvalue weighted by atomic mass is 10.1. The fraction of sp³-hybridized carbons (Fsp3) is 0.333. The molecule has 1 atom stereocenters. The van der Waals surface area contributed by atoms with Gasteiger partial charge in [-0.1, -0.05) is 0 Å². The molecule has 0 aliphatic carbocycles. The molecule has 0 saturated heterocycles. The number of benzene rings is 1. The molecular weight excluding hydrogens is 238 g/mol. The molecule has 0 spiro atoms. The number of carbonyl (C=O) groups excluding carboxylic acids is 1. The monoisotopic (exact) mass is 253 g/mol. The van der Waals surface area contributed by atoms with Crippen molar-refractivity contribution >= 4 is 11.9 Å². The van der Waals surface area contributed by atoms with Crippen molar-refractivity contribution in [3.8, 4) is 5.75 Å². The lowest BCUT2D eigenvalue weighted by Gasteiger charge is -2.18. The zero-order valence-electron chi connectivity index (χ0n) is 10.1. The van der Waals surface area contributed by atoms with Gasteiger partial charge in [0.05, 0.1) is 6.54 Å². The van der Waals surface area contributed by atoms with Gasteiger partial charge in [-0.2, -0.15) is 0 Å². The number of aliphatic carboxylic acids is 1. The van der Waals surface area contributed by atoms with Gasteiger partial charge in [0.2, 0.25) is 0 Å². The van der Waals surface area contributed by atoms with Gasteiger partial charge >= 0.3 is 5.97 Å². The van der Waals surface area contributed by atoms with E-state index in [2.05, 4.69) is 5.32 Å². The van der Waals surface area contributed by atoms with Crippen molar-refractivity contribution in [3.05, 3.63) is 29.3 Å². The first-order valence-corrected chi connectivity index (χ1v) is 5.27. The van der Waals surface area contributed by atoms with Gasteiger partial charge in [0.25, 0.3) is 5.91 Å². The zero-order chi connectivity index (χ0) is 13.9. The summed E-state index contributed by atoms with van der Waals surface area (Å²) in [7, 11) is 0. The Bertz CT molecular complexity index is 481. The van der Waals surface area contributed by atoms with Gasteiger partial charge in [-0.3, -0.25) is 4.79 Å². The molecule has 0 saturated carbocycles. The van der Waals surface area contributed by atoms with Crippen LogP contribution in [0.2, 0.25) is 0 Å². The smallest absolute Gasteiger partial charge is 0.337 e. The molecule has 1 aromatic rings. The van der Waals surface area contributed by atoms with Crippen LogP contribution in [0.3, 0.4) is 0 Å². The van der Waals surface area contributed by atoms with Crippen LogP contribution in [0.4, 0.5) is 0 Å². The van der Waals surface area contributed by atoms with Crippen LogP contribution in [0.1, 0.15) is 22.8 Å². The number of carboxylic acid groups (broad SMARTS) is 1. The molecule has 0 fully saturated rings. The van der Waals surface area contributed by atoms with Crippen molar-refractivity contribution in [1.29, 1.82) is 0 Å². The van der Waals surface area contributed by atoms with E-state index in [9.17, 15) is 19.8 Å². The molecule has 0 heterocycles. The number of rotatable bonds is 4. The number of aromatic hydroxyl groups is 1. The number of amides is 1. The van der Waals surface area contributed by atoms with E-state index in [1.54, 1.807) is 6.92 Å². The first-order chi connectivity index (χ1) is 8.24. The molecule has 1 rings (SSSR count). The average molecular weight is 253 g/mol. The highest BCUT2D eigenvalue weighted by atomic mass is 16.4. The van der Waals surface area contributed by atoms with Crippen LogP contribution in [0.5, 0.6) is 5.75 Å². The second kappa shape index (κ2) is 5.05. The normalized spacial score (nSPS) is 13.7. The number of phenolic OH excluding ortho intramolecular Hbond substituents is 1. The van der Waals surface area contributed by atoms with Crippen LogP contribution in [0.25, 0.3) is 0 Å². The van der Waals surface area contributed by atoms with E-state index in [0.29, 0.717) is 11.1 Å². The molecule has 4 N–H and O–H groups in total. The molecule has 0 aliphatic rings. The Hall–Kier alpha value is -2.08. The number of nitrogens with one attached hydrogen (secondary N) is 1. The van der Waals surface area contributed by atoms with Gasteiger partial charge < -0.3 is 20.6 Å². The fourth-order valence-corrected chi connectivity index (χ4v) is 1.33. The fourth-order valence-electron chi connectivity index (χ4n) is 1.33. The van der Waals surface area contributed by atoms with E-state index in [1.165, 1.54) is 18.2 Å². The Morgan fingerprint density at radius 1 is 1.39 bits per heavy atom. The maximum absolute atomic E-state index is 11.7. The summed E-state index contributed by atoms with van der Waals surface area (Å²) in [6.07, 6.45) is 0. The summed E-state index contributed by atoms with van der Waals surface area (Å²) in [5.41, 5.74) is -1.14. The van der Waals surface area contributed by atoms with E-state index in [-0.39, 0.29) is 5.75 Å². The Morgan fingerprint density at radius 3 is 2.50 bits per heavy atom. The van der Waals surface area contributed by atoms with Crippen molar-refractivity contribution in [2.45, 2.75) is 19.4 Å². The topological polar surface area (TPSA) is 107 Å². The average Bonchev–Trinajstić information content (AvgIpc) is 2.25. The van der Waals surface area contributed by atoms with Gasteiger partial charge in [0, 0.05) is 5.56 Å². The van der Waals surface area contributed by atoms with Gasteiger partial charge in [0.15, 0.2) is 5.60 Å². The second-order valence-electron chi connectivity index (χ2n) is 4.26. The molecule has 0 aromatic heterocycles. The van der Waals surface area contributed by atoms with Crippen molar-refractivity contribution in [2.75, 3.05) is 6.54 Å². The largest absolute Gasteiger partial charge is 0.508 e. The number of hydrogen-bond acceptors (Lipinski definition) is 4. The van der Waals surface area contributed by atoms with Crippen molar-refractivity contribution < 1.29 is 24.9 Å². The molecule has 6 heteroatoms. The van der Waals surface area contributed by atoms with Crippen molar-refractivity contribution in [3.63, 3.8) is 0 Å². The highest BCUT2D eigenvalue weighted by Gasteiger charge is 2.30. The predicted molar refractivity (Wildman–Crippen MR) is 63.4 cm³/mol. The summed E-state index contributed by atoms with van der Waals surface area (Å²) in [5.74, 6) is -1.87. The SMILES string of the molecule is Cc1cc(O)ccc1C(=O)NCC(C)(O)C(=O)O. The van der Waals surface area contributed by atoms with Gasteiger partial charge in [-0.15, -0.1) is 0 Å². The zero-order valence-corrected chi connectivity index (χ0v) is 10.1. The minimum absolute atomic E-state index is 0.0431. The molecule has 6 nitrogen and oxygen atoms in total. The van der Waals surface area contributed by atoms with Crippen LogP contribution in [0, 0.1) is 6.92 Å². The lowest BCUT2D eigenvalue weighted by Crippen LogP contribution is -2.46. The maximum atomic E-state index is 11.7. The van der Waals surface area contributed by atoms with Gasteiger partial charge in [0.1, 0.15) is 5.75 Å². The number of hydrogen-bond donors (Lipinski definition) is 4. The Morgan fingerprint density at radius 2 is 2.00 bits per heavy atom. The summed E-state index contributed by atoms with van der Waals surface area (Å²) in [6, 6.07) is 4.21. The van der Waals surface area contributed by atoms with Gasteiger partial charge in [-0.05, 0) is 37.6 Å². The third-order valence-electron chi connectivity index (χ3n) is 2.51. The van der Waals surface area contributed by atoms with Crippen molar-refractivity contribution in [1.82, 2.24) is 5.32 Å². The Balaban J connectivity index is 2.75. The summed E-state index contributed by atoms with van der Waals surface area (Å²) >= 11 is 0. The summed E-state index contributed by atoms with van der Waals surface area (Å²) in [4.78, 5) is 22.4. The first kappa shape index (κ1) is 14.0. The molecule has 0 bridgehead atoms. The minimum atomic E-state index is -2.01. The van der Waals surface area contributed by atoms with Gasteiger partial charge in [-0.25, -0.2) is 4.79 Å². The van der Waals surface area contributed by atoms with Crippen LogP contribution >= 0.6 is 0 Å². The molecule has 18 heavy (non-hydrogen) atoms. The van der Waals surface area contributed by atoms with E-state index < -0.39 is 24.0 Å². The first-order valence-electron chi connectivity index (χ1n) is 5.27.